The van der Waals surface area contributed by atoms with Crippen LogP contribution >= 0.6 is 0 Å². The van der Waals surface area contributed by atoms with E-state index in [1.54, 1.807) is 13.3 Å². The Morgan fingerprint density at radius 3 is 3.00 bits per heavy atom. The van der Waals surface area contributed by atoms with Crippen LogP contribution < -0.4 is 4.74 Å². The molecule has 22 heavy (non-hydrogen) atoms. The van der Waals surface area contributed by atoms with Crippen LogP contribution in [0.3, 0.4) is 0 Å². The Labute approximate surface area is 129 Å². The van der Waals surface area contributed by atoms with Gasteiger partial charge in [0, 0.05) is 19.6 Å². The SMILES string of the molecule is COc1ccc(CN2CC[C@@H]3OCc4cnnn4[C@@H]3C2)cc1. The molecule has 0 N–H and O–H groups in total. The molecule has 4 rings (SSSR count). The van der Waals surface area contributed by atoms with Crippen molar-refractivity contribution in [3.8, 4) is 5.75 Å². The minimum atomic E-state index is 0.265. The Morgan fingerprint density at radius 2 is 2.18 bits per heavy atom. The summed E-state index contributed by atoms with van der Waals surface area (Å²) >= 11 is 0. The summed E-state index contributed by atoms with van der Waals surface area (Å²) in [6.45, 7) is 3.58. The van der Waals surface area contributed by atoms with Crippen molar-refractivity contribution in [2.45, 2.75) is 31.7 Å². The van der Waals surface area contributed by atoms with Crippen molar-refractivity contribution in [1.29, 1.82) is 0 Å². The van der Waals surface area contributed by atoms with Gasteiger partial charge in [-0.15, -0.1) is 5.10 Å². The smallest absolute Gasteiger partial charge is 0.118 e. The molecule has 2 atom stereocenters. The van der Waals surface area contributed by atoms with Crippen molar-refractivity contribution in [1.82, 2.24) is 19.9 Å². The van der Waals surface area contributed by atoms with Crippen molar-refractivity contribution in [2.75, 3.05) is 20.2 Å². The van der Waals surface area contributed by atoms with Crippen LogP contribution in [0.1, 0.15) is 23.7 Å². The van der Waals surface area contributed by atoms with Crippen molar-refractivity contribution in [3.05, 3.63) is 41.7 Å². The zero-order valence-corrected chi connectivity index (χ0v) is 12.7. The second-order valence-electron chi connectivity index (χ2n) is 5.96. The second-order valence-corrected chi connectivity index (χ2v) is 5.96. The molecule has 0 unspecified atom stereocenters. The largest absolute Gasteiger partial charge is 0.497 e. The standard InChI is InChI=1S/C16H20N4O2/c1-21-14-4-2-12(3-5-14)9-19-7-6-16-15(10-19)20-13(11-22-16)8-17-18-20/h2-5,8,15-16H,6-7,9-11H2,1H3/t15-,16+/m1/s1. The van der Waals surface area contributed by atoms with E-state index in [2.05, 4.69) is 27.3 Å². The lowest BCUT2D eigenvalue weighted by atomic mass is 10.00. The fourth-order valence-corrected chi connectivity index (χ4v) is 3.38. The second kappa shape index (κ2) is 5.70. The highest BCUT2D eigenvalue weighted by Gasteiger charge is 2.36. The number of nitrogens with zero attached hydrogens (tertiary/aromatic N) is 4. The fraction of sp³-hybridized carbons (Fsp3) is 0.500. The molecule has 0 radical (unpaired) electrons. The van der Waals surface area contributed by atoms with E-state index >= 15 is 0 Å². The first-order valence-corrected chi connectivity index (χ1v) is 7.69. The maximum Gasteiger partial charge on any atom is 0.118 e. The van der Waals surface area contributed by atoms with Gasteiger partial charge in [0.25, 0.3) is 0 Å². The maximum absolute atomic E-state index is 5.95. The fourth-order valence-electron chi connectivity index (χ4n) is 3.38. The van der Waals surface area contributed by atoms with Crippen LogP contribution in [-0.4, -0.2) is 46.2 Å². The first-order chi connectivity index (χ1) is 10.8. The van der Waals surface area contributed by atoms with E-state index in [-0.39, 0.29) is 12.1 Å². The highest BCUT2D eigenvalue weighted by molar-refractivity contribution is 5.27. The molecule has 1 saturated heterocycles. The third-order valence-electron chi connectivity index (χ3n) is 4.58. The predicted octanol–water partition coefficient (Wildman–Crippen LogP) is 1.63. The number of likely N-dealkylation sites (tertiary alicyclic amines) is 1. The summed E-state index contributed by atoms with van der Waals surface area (Å²) < 4.78 is 13.2. The molecule has 2 aliphatic rings. The number of ether oxygens (including phenoxy) is 2. The Hall–Kier alpha value is -1.92. The number of rotatable bonds is 3. The van der Waals surface area contributed by atoms with Crippen molar-refractivity contribution >= 4 is 0 Å². The number of hydrogen-bond donors (Lipinski definition) is 0. The Balaban J connectivity index is 1.47. The van der Waals surface area contributed by atoms with E-state index in [1.807, 2.05) is 16.8 Å². The van der Waals surface area contributed by atoms with E-state index < -0.39 is 0 Å². The van der Waals surface area contributed by atoms with Gasteiger partial charge >= 0.3 is 0 Å². The normalized spacial score (nSPS) is 24.6. The lowest BCUT2D eigenvalue weighted by molar-refractivity contribution is -0.0669. The third-order valence-corrected chi connectivity index (χ3v) is 4.58. The zero-order valence-electron chi connectivity index (χ0n) is 12.7. The lowest BCUT2D eigenvalue weighted by Gasteiger charge is -2.41. The summed E-state index contributed by atoms with van der Waals surface area (Å²) in [6.07, 6.45) is 3.11. The van der Waals surface area contributed by atoms with Gasteiger partial charge in [0.1, 0.15) is 5.75 Å². The molecule has 3 heterocycles. The van der Waals surface area contributed by atoms with E-state index in [1.165, 1.54) is 5.56 Å². The molecule has 6 heteroatoms. The number of benzene rings is 1. The highest BCUT2D eigenvalue weighted by Crippen LogP contribution is 2.30. The molecular formula is C16H20N4O2. The first kappa shape index (κ1) is 13.7. The predicted molar refractivity (Wildman–Crippen MR) is 80.5 cm³/mol. The summed E-state index contributed by atoms with van der Waals surface area (Å²) in [6, 6.07) is 8.56. The molecule has 1 aromatic heterocycles. The number of piperidine rings is 1. The summed E-state index contributed by atoms with van der Waals surface area (Å²) in [5, 5.41) is 8.27. The summed E-state index contributed by atoms with van der Waals surface area (Å²) in [7, 11) is 1.69. The quantitative estimate of drug-likeness (QED) is 0.862. The van der Waals surface area contributed by atoms with Gasteiger partial charge in [0.15, 0.2) is 0 Å². The van der Waals surface area contributed by atoms with Gasteiger partial charge in [0.2, 0.25) is 0 Å². The van der Waals surface area contributed by atoms with Gasteiger partial charge in [-0.1, -0.05) is 17.3 Å². The molecule has 6 nitrogen and oxygen atoms in total. The van der Waals surface area contributed by atoms with Gasteiger partial charge in [-0.2, -0.15) is 0 Å². The van der Waals surface area contributed by atoms with Gasteiger partial charge in [0.05, 0.1) is 37.8 Å². The van der Waals surface area contributed by atoms with Crippen molar-refractivity contribution in [3.63, 3.8) is 0 Å². The first-order valence-electron chi connectivity index (χ1n) is 7.69. The molecule has 0 bridgehead atoms. The maximum atomic E-state index is 5.95. The van der Waals surface area contributed by atoms with Gasteiger partial charge in [-0.05, 0) is 24.1 Å². The molecule has 2 aliphatic heterocycles. The molecule has 1 fully saturated rings. The van der Waals surface area contributed by atoms with E-state index in [0.29, 0.717) is 6.61 Å². The van der Waals surface area contributed by atoms with Crippen LogP contribution in [0.15, 0.2) is 30.5 Å². The topological polar surface area (TPSA) is 52.4 Å². The van der Waals surface area contributed by atoms with E-state index in [0.717, 1.165) is 37.5 Å². The Morgan fingerprint density at radius 1 is 1.32 bits per heavy atom. The minimum absolute atomic E-state index is 0.265. The number of fused-ring (bicyclic) bond motifs is 3. The van der Waals surface area contributed by atoms with Gasteiger partial charge in [-0.3, -0.25) is 4.90 Å². The van der Waals surface area contributed by atoms with E-state index in [4.69, 9.17) is 9.47 Å². The number of methoxy groups -OCH3 is 1. The Bertz CT molecular complexity index is 640. The van der Waals surface area contributed by atoms with Crippen molar-refractivity contribution < 1.29 is 9.47 Å². The van der Waals surface area contributed by atoms with E-state index in [9.17, 15) is 0 Å². The zero-order chi connectivity index (χ0) is 14.9. The summed E-state index contributed by atoms with van der Waals surface area (Å²) in [4.78, 5) is 2.46. The number of aromatic nitrogens is 3. The van der Waals surface area contributed by atoms with Crippen LogP contribution in [-0.2, 0) is 17.9 Å². The molecule has 2 aromatic rings. The number of hydrogen-bond acceptors (Lipinski definition) is 5. The molecule has 0 spiro atoms. The monoisotopic (exact) mass is 300 g/mol. The Kier molecular flexibility index (Phi) is 3.56. The third kappa shape index (κ3) is 2.48. The minimum Gasteiger partial charge on any atom is -0.497 e. The average Bonchev–Trinajstić information content (AvgIpc) is 3.05. The lowest BCUT2D eigenvalue weighted by Crippen LogP contribution is -2.47. The van der Waals surface area contributed by atoms with Crippen LogP contribution in [0.4, 0.5) is 0 Å². The van der Waals surface area contributed by atoms with Crippen LogP contribution in [0.25, 0.3) is 0 Å². The molecule has 1 aromatic carbocycles. The summed E-state index contributed by atoms with van der Waals surface area (Å²) in [5.74, 6) is 0.899. The summed E-state index contributed by atoms with van der Waals surface area (Å²) in [5.41, 5.74) is 2.38. The van der Waals surface area contributed by atoms with Crippen LogP contribution in [0.2, 0.25) is 0 Å². The molecule has 0 aliphatic carbocycles. The van der Waals surface area contributed by atoms with Crippen molar-refractivity contribution in [2.24, 2.45) is 0 Å². The van der Waals surface area contributed by atoms with Crippen LogP contribution in [0, 0.1) is 0 Å². The highest BCUT2D eigenvalue weighted by atomic mass is 16.5. The average molecular weight is 300 g/mol. The van der Waals surface area contributed by atoms with Gasteiger partial charge < -0.3 is 9.47 Å². The molecule has 116 valence electrons. The molecule has 0 saturated carbocycles. The molecular weight excluding hydrogens is 280 g/mol. The molecule has 0 amide bonds. The van der Waals surface area contributed by atoms with Crippen LogP contribution in [0.5, 0.6) is 5.75 Å². The van der Waals surface area contributed by atoms with Gasteiger partial charge in [-0.25, -0.2) is 4.68 Å².